The number of nitrogens with zero attached hydrogens (tertiary/aromatic N) is 2. The van der Waals surface area contributed by atoms with E-state index in [0.29, 0.717) is 24.9 Å². The Balaban J connectivity index is 2.04. The van der Waals surface area contributed by atoms with E-state index in [1.807, 2.05) is 13.8 Å². The van der Waals surface area contributed by atoms with Gasteiger partial charge in [-0.1, -0.05) is 0 Å². The Morgan fingerprint density at radius 1 is 1.42 bits per heavy atom. The monoisotopic (exact) mass is 334 g/mol. The fraction of sp³-hybridized carbons (Fsp3) is 0.588. The normalized spacial score (nSPS) is 20.8. The first-order chi connectivity index (χ1) is 11.3. The van der Waals surface area contributed by atoms with Gasteiger partial charge in [0, 0.05) is 25.8 Å². The zero-order valence-corrected chi connectivity index (χ0v) is 14.5. The summed E-state index contributed by atoms with van der Waals surface area (Å²) in [4.78, 5) is 30.0. The van der Waals surface area contributed by atoms with Crippen LogP contribution in [0.3, 0.4) is 0 Å². The summed E-state index contributed by atoms with van der Waals surface area (Å²) in [6.45, 7) is 4.76. The van der Waals surface area contributed by atoms with Gasteiger partial charge in [0.05, 0.1) is 24.1 Å². The summed E-state index contributed by atoms with van der Waals surface area (Å²) < 4.78 is 0. The molecule has 0 saturated carbocycles. The molecule has 0 aliphatic carbocycles. The fourth-order valence-corrected chi connectivity index (χ4v) is 2.90. The van der Waals surface area contributed by atoms with Crippen LogP contribution in [0.1, 0.15) is 43.5 Å². The molecule has 2 amide bonds. The van der Waals surface area contributed by atoms with Crippen molar-refractivity contribution in [3.63, 3.8) is 0 Å². The first-order valence-corrected chi connectivity index (χ1v) is 8.28. The van der Waals surface area contributed by atoms with E-state index >= 15 is 0 Å². The molecule has 1 atom stereocenters. The number of hydrogen-bond donors (Lipinski definition) is 3. The highest BCUT2D eigenvalue weighted by atomic mass is 16.3. The van der Waals surface area contributed by atoms with Gasteiger partial charge in [-0.15, -0.1) is 0 Å². The Kier molecular flexibility index (Phi) is 5.77. The lowest BCUT2D eigenvalue weighted by Gasteiger charge is -2.38. The number of aliphatic hydroxyl groups is 1. The van der Waals surface area contributed by atoms with Gasteiger partial charge < -0.3 is 20.6 Å². The zero-order chi connectivity index (χ0) is 17.7. The van der Waals surface area contributed by atoms with Crippen molar-refractivity contribution >= 4 is 17.6 Å². The summed E-state index contributed by atoms with van der Waals surface area (Å²) in [6.07, 6.45) is 2.72. The summed E-state index contributed by atoms with van der Waals surface area (Å²) in [5.41, 5.74) is -0.686. The van der Waals surface area contributed by atoms with Crippen molar-refractivity contribution < 1.29 is 14.7 Å². The summed E-state index contributed by atoms with van der Waals surface area (Å²) in [5, 5.41) is 16.3. The topological polar surface area (TPSA) is 94.6 Å². The highest BCUT2D eigenvalue weighted by Gasteiger charge is 2.37. The smallest absolute Gasteiger partial charge is 0.255 e. The van der Waals surface area contributed by atoms with Gasteiger partial charge in [-0.25, -0.2) is 4.98 Å². The molecule has 0 aromatic carbocycles. The van der Waals surface area contributed by atoms with E-state index in [1.54, 1.807) is 23.2 Å². The summed E-state index contributed by atoms with van der Waals surface area (Å²) >= 11 is 0. The third-order valence-electron chi connectivity index (χ3n) is 4.06. The van der Waals surface area contributed by atoms with Crippen molar-refractivity contribution in [3.05, 3.63) is 23.9 Å². The zero-order valence-electron chi connectivity index (χ0n) is 14.5. The van der Waals surface area contributed by atoms with E-state index in [2.05, 4.69) is 15.6 Å². The van der Waals surface area contributed by atoms with Gasteiger partial charge in [0.25, 0.3) is 5.91 Å². The summed E-state index contributed by atoms with van der Waals surface area (Å²) in [6, 6.07) is 3.77. The van der Waals surface area contributed by atoms with E-state index in [0.717, 1.165) is 5.82 Å². The number of pyridine rings is 1. The molecule has 1 fully saturated rings. The molecule has 2 rings (SSSR count). The molecule has 1 aliphatic heterocycles. The Morgan fingerprint density at radius 2 is 2.17 bits per heavy atom. The molecule has 1 aromatic heterocycles. The molecule has 7 heteroatoms. The molecule has 24 heavy (non-hydrogen) atoms. The average Bonchev–Trinajstić information content (AvgIpc) is 2.54. The first-order valence-electron chi connectivity index (χ1n) is 8.28. The van der Waals surface area contributed by atoms with E-state index in [9.17, 15) is 14.7 Å². The maximum Gasteiger partial charge on any atom is 0.255 e. The minimum absolute atomic E-state index is 0.00275. The van der Waals surface area contributed by atoms with Crippen LogP contribution in [0.5, 0.6) is 0 Å². The van der Waals surface area contributed by atoms with Crippen LogP contribution in [0.25, 0.3) is 0 Å². The van der Waals surface area contributed by atoms with Crippen LogP contribution in [0.4, 0.5) is 5.82 Å². The van der Waals surface area contributed by atoms with Crippen LogP contribution in [0.15, 0.2) is 18.3 Å². The summed E-state index contributed by atoms with van der Waals surface area (Å²) in [7, 11) is 1.54. The summed E-state index contributed by atoms with van der Waals surface area (Å²) in [5.74, 6) is 0.322. The van der Waals surface area contributed by atoms with Crippen LogP contribution < -0.4 is 10.6 Å². The van der Waals surface area contributed by atoms with E-state index in [4.69, 9.17) is 0 Å². The number of carbonyl (C=O) groups excluding carboxylic acids is 2. The molecule has 0 radical (unpaired) electrons. The second-order valence-electron chi connectivity index (χ2n) is 6.64. The number of aromatic nitrogens is 1. The fourth-order valence-electron chi connectivity index (χ4n) is 2.90. The molecule has 3 N–H and O–H groups in total. The Labute approximate surface area is 142 Å². The Bertz CT molecular complexity index is 588. The molecule has 7 nitrogen and oxygen atoms in total. The van der Waals surface area contributed by atoms with Crippen molar-refractivity contribution in [1.82, 2.24) is 15.2 Å². The average molecular weight is 334 g/mol. The second-order valence-corrected chi connectivity index (χ2v) is 6.64. The minimum Gasteiger partial charge on any atom is -0.388 e. The predicted molar refractivity (Wildman–Crippen MR) is 91.8 cm³/mol. The quantitative estimate of drug-likeness (QED) is 0.747. The Morgan fingerprint density at radius 3 is 2.75 bits per heavy atom. The van der Waals surface area contributed by atoms with Gasteiger partial charge in [-0.2, -0.15) is 0 Å². The van der Waals surface area contributed by atoms with E-state index in [-0.39, 0.29) is 30.8 Å². The molecule has 132 valence electrons. The molecule has 1 unspecified atom stereocenters. The van der Waals surface area contributed by atoms with E-state index < -0.39 is 5.60 Å². The maximum atomic E-state index is 12.6. The molecule has 0 spiro atoms. The highest BCUT2D eigenvalue weighted by Crippen LogP contribution is 2.25. The van der Waals surface area contributed by atoms with Crippen molar-refractivity contribution in [2.24, 2.45) is 0 Å². The molecule has 1 aliphatic rings. The standard InChI is InChI=1S/C17H26N4O3/c1-12(2)20-14-6-5-13(10-19-14)16(23)21-8-4-7-17(24,11-21)9-15(22)18-3/h5-6,10,12,24H,4,7-9,11H2,1-3H3,(H,18,22)(H,19,20). The largest absolute Gasteiger partial charge is 0.388 e. The third-order valence-corrected chi connectivity index (χ3v) is 4.06. The number of piperidine rings is 1. The van der Waals surface area contributed by atoms with Crippen molar-refractivity contribution in [1.29, 1.82) is 0 Å². The van der Waals surface area contributed by atoms with Gasteiger partial charge in [0.1, 0.15) is 5.82 Å². The SMILES string of the molecule is CNC(=O)CC1(O)CCCN(C(=O)c2ccc(NC(C)C)nc2)C1. The highest BCUT2D eigenvalue weighted by molar-refractivity contribution is 5.94. The molecule has 1 saturated heterocycles. The minimum atomic E-state index is -1.17. The van der Waals surface area contributed by atoms with Gasteiger partial charge in [-0.05, 0) is 38.8 Å². The van der Waals surface area contributed by atoms with Crippen molar-refractivity contribution in [3.8, 4) is 0 Å². The molecular formula is C17H26N4O3. The first kappa shape index (κ1) is 18.2. The van der Waals surface area contributed by atoms with Crippen LogP contribution in [-0.2, 0) is 4.79 Å². The third kappa shape index (κ3) is 4.67. The predicted octanol–water partition coefficient (Wildman–Crippen LogP) is 1.01. The second kappa shape index (κ2) is 7.61. The van der Waals surface area contributed by atoms with Gasteiger partial charge in [0.2, 0.25) is 5.91 Å². The van der Waals surface area contributed by atoms with Gasteiger partial charge >= 0.3 is 0 Å². The van der Waals surface area contributed by atoms with Crippen LogP contribution in [0.2, 0.25) is 0 Å². The molecule has 2 heterocycles. The number of amides is 2. The number of carbonyl (C=O) groups is 2. The lowest BCUT2D eigenvalue weighted by Crippen LogP contribution is -2.52. The molecular weight excluding hydrogens is 308 g/mol. The number of rotatable bonds is 5. The number of hydrogen-bond acceptors (Lipinski definition) is 5. The van der Waals surface area contributed by atoms with Crippen LogP contribution in [0, 0.1) is 0 Å². The van der Waals surface area contributed by atoms with Crippen molar-refractivity contribution in [2.75, 3.05) is 25.5 Å². The number of likely N-dealkylation sites (tertiary alicyclic amines) is 1. The maximum absolute atomic E-state index is 12.6. The number of β-amino-alcohol motifs (C(OH)–C–C–N with tert-alkyl or cyclic N) is 1. The van der Waals surface area contributed by atoms with Crippen LogP contribution in [-0.4, -0.2) is 58.6 Å². The number of nitrogens with one attached hydrogen (secondary N) is 2. The Hall–Kier alpha value is -2.15. The molecule has 1 aromatic rings. The van der Waals surface area contributed by atoms with Gasteiger partial charge in [-0.3, -0.25) is 9.59 Å². The lowest BCUT2D eigenvalue weighted by molar-refractivity contribution is -0.127. The number of anilines is 1. The van der Waals surface area contributed by atoms with E-state index in [1.165, 1.54) is 7.05 Å². The van der Waals surface area contributed by atoms with Gasteiger partial charge in [0.15, 0.2) is 0 Å². The van der Waals surface area contributed by atoms with Crippen molar-refractivity contribution in [2.45, 2.75) is 44.8 Å². The van der Waals surface area contributed by atoms with Crippen LogP contribution >= 0.6 is 0 Å². The molecule has 0 bridgehead atoms. The lowest BCUT2D eigenvalue weighted by atomic mass is 9.89.